The van der Waals surface area contributed by atoms with Crippen LogP contribution in [0.25, 0.3) is 0 Å². The van der Waals surface area contributed by atoms with Crippen molar-refractivity contribution in [3.05, 3.63) is 41.2 Å². The van der Waals surface area contributed by atoms with E-state index in [1.165, 1.54) is 6.07 Å². The number of amides is 1. The van der Waals surface area contributed by atoms with Crippen LogP contribution in [-0.4, -0.2) is 11.0 Å². The number of hydrogen-bond donors (Lipinski definition) is 2. The molecule has 0 heterocycles. The van der Waals surface area contributed by atoms with E-state index in [1.54, 1.807) is 26.8 Å². The van der Waals surface area contributed by atoms with Crippen molar-refractivity contribution >= 4 is 11.6 Å². The van der Waals surface area contributed by atoms with E-state index in [4.69, 9.17) is 5.26 Å². The fraction of sp³-hybridized carbons (Fsp3) is 0.375. The molecule has 7 heteroatoms. The van der Waals surface area contributed by atoms with Crippen LogP contribution < -0.4 is 5.32 Å². The van der Waals surface area contributed by atoms with E-state index in [2.05, 4.69) is 5.32 Å². The number of aliphatic hydroxyl groups excluding tert-OH is 1. The van der Waals surface area contributed by atoms with Crippen molar-refractivity contribution < 1.29 is 23.1 Å². The molecule has 0 aromatic heterocycles. The first-order chi connectivity index (χ1) is 10.5. The molecule has 0 unspecified atom stereocenters. The Labute approximate surface area is 132 Å². The van der Waals surface area contributed by atoms with Gasteiger partial charge in [-0.3, -0.25) is 4.79 Å². The molecule has 0 radical (unpaired) electrons. The van der Waals surface area contributed by atoms with Crippen LogP contribution in [0.15, 0.2) is 35.6 Å². The summed E-state index contributed by atoms with van der Waals surface area (Å²) < 4.78 is 37.9. The highest BCUT2D eigenvalue weighted by Gasteiger charge is 2.31. The molecule has 23 heavy (non-hydrogen) atoms. The van der Waals surface area contributed by atoms with Crippen molar-refractivity contribution in [1.82, 2.24) is 0 Å². The Morgan fingerprint density at radius 2 is 1.96 bits per heavy atom. The van der Waals surface area contributed by atoms with Crippen LogP contribution in [0.3, 0.4) is 0 Å². The summed E-state index contributed by atoms with van der Waals surface area (Å²) >= 11 is 0. The fourth-order valence-electron chi connectivity index (χ4n) is 1.68. The Morgan fingerprint density at radius 3 is 2.43 bits per heavy atom. The number of carbonyl (C=O) groups is 1. The van der Waals surface area contributed by atoms with Gasteiger partial charge in [0, 0.05) is 11.1 Å². The van der Waals surface area contributed by atoms with Gasteiger partial charge in [-0.1, -0.05) is 26.8 Å². The first-order valence-electron chi connectivity index (χ1n) is 6.85. The number of anilines is 1. The average molecular weight is 326 g/mol. The molecule has 0 saturated heterocycles. The van der Waals surface area contributed by atoms with Crippen molar-refractivity contribution in [3.63, 3.8) is 0 Å². The zero-order valence-electron chi connectivity index (χ0n) is 13.0. The summed E-state index contributed by atoms with van der Waals surface area (Å²) in [7, 11) is 0. The van der Waals surface area contributed by atoms with Crippen LogP contribution in [0.2, 0.25) is 0 Å². The van der Waals surface area contributed by atoms with E-state index in [1.807, 2.05) is 0 Å². The SMILES string of the molecule is CCC(C)(C)/C(O)=C(\C#N)C(=O)Nc1cccc(C(F)(F)F)c1. The lowest BCUT2D eigenvalue weighted by molar-refractivity contribution is -0.137. The van der Waals surface area contributed by atoms with Crippen molar-refractivity contribution in [1.29, 1.82) is 5.26 Å². The average Bonchev–Trinajstić information content (AvgIpc) is 2.47. The van der Waals surface area contributed by atoms with E-state index in [0.29, 0.717) is 6.42 Å². The number of halogens is 3. The van der Waals surface area contributed by atoms with E-state index >= 15 is 0 Å². The molecule has 1 amide bonds. The molecule has 0 fully saturated rings. The predicted molar refractivity (Wildman–Crippen MR) is 79.4 cm³/mol. The summed E-state index contributed by atoms with van der Waals surface area (Å²) in [5.74, 6) is -1.35. The van der Waals surface area contributed by atoms with Crippen LogP contribution in [0.4, 0.5) is 18.9 Å². The Bertz CT molecular complexity index is 671. The topological polar surface area (TPSA) is 73.1 Å². The molecule has 0 bridgehead atoms. The summed E-state index contributed by atoms with van der Waals surface area (Å²) in [6.45, 7) is 5.07. The number of allylic oxidation sites excluding steroid dienone is 1. The second-order valence-corrected chi connectivity index (χ2v) is 5.61. The number of alkyl halides is 3. The highest BCUT2D eigenvalue weighted by molar-refractivity contribution is 6.07. The molecule has 1 aromatic rings. The number of nitrogens with one attached hydrogen (secondary N) is 1. The predicted octanol–water partition coefficient (Wildman–Crippen LogP) is 4.42. The van der Waals surface area contributed by atoms with Crippen molar-refractivity contribution in [2.45, 2.75) is 33.4 Å². The van der Waals surface area contributed by atoms with Crippen LogP contribution in [0.1, 0.15) is 32.8 Å². The van der Waals surface area contributed by atoms with Gasteiger partial charge in [0.25, 0.3) is 5.91 Å². The summed E-state index contributed by atoms with van der Waals surface area (Å²) in [6.07, 6.45) is -4.07. The monoisotopic (exact) mass is 326 g/mol. The van der Waals surface area contributed by atoms with E-state index < -0.39 is 34.4 Å². The quantitative estimate of drug-likeness (QED) is 0.489. The van der Waals surface area contributed by atoms with Gasteiger partial charge in [0.15, 0.2) is 5.57 Å². The maximum absolute atomic E-state index is 12.6. The highest BCUT2D eigenvalue weighted by Crippen LogP contribution is 2.32. The third-order valence-electron chi connectivity index (χ3n) is 3.55. The zero-order chi connectivity index (χ0) is 17.8. The number of carbonyl (C=O) groups excluding carboxylic acids is 1. The van der Waals surface area contributed by atoms with E-state index in [9.17, 15) is 23.1 Å². The van der Waals surface area contributed by atoms with E-state index in [-0.39, 0.29) is 5.69 Å². The first kappa shape index (κ1) is 18.6. The Hall–Kier alpha value is -2.49. The van der Waals surface area contributed by atoms with Crippen LogP contribution in [0, 0.1) is 16.7 Å². The number of rotatable bonds is 4. The molecule has 0 saturated carbocycles. The number of hydrogen-bond acceptors (Lipinski definition) is 3. The van der Waals surface area contributed by atoms with Gasteiger partial charge in [0.05, 0.1) is 5.56 Å². The van der Waals surface area contributed by atoms with Crippen molar-refractivity contribution in [2.24, 2.45) is 5.41 Å². The molecule has 0 aliphatic carbocycles. The first-order valence-corrected chi connectivity index (χ1v) is 6.85. The fourth-order valence-corrected chi connectivity index (χ4v) is 1.68. The summed E-state index contributed by atoms with van der Waals surface area (Å²) in [6, 6.07) is 5.64. The minimum absolute atomic E-state index is 0.111. The van der Waals surface area contributed by atoms with Crippen LogP contribution in [0.5, 0.6) is 0 Å². The smallest absolute Gasteiger partial charge is 0.416 e. The second-order valence-electron chi connectivity index (χ2n) is 5.61. The molecule has 0 atom stereocenters. The van der Waals surface area contributed by atoms with Crippen LogP contribution in [-0.2, 0) is 11.0 Å². The number of aliphatic hydroxyl groups is 1. The van der Waals surface area contributed by atoms with Crippen molar-refractivity contribution in [2.75, 3.05) is 5.32 Å². The number of benzene rings is 1. The molecule has 2 N–H and O–H groups in total. The maximum Gasteiger partial charge on any atom is 0.416 e. The van der Waals surface area contributed by atoms with Gasteiger partial charge in [-0.05, 0) is 24.6 Å². The number of nitriles is 1. The summed E-state index contributed by atoms with van der Waals surface area (Å²) in [4.78, 5) is 12.1. The Kier molecular flexibility index (Phi) is 5.43. The third-order valence-corrected chi connectivity index (χ3v) is 3.55. The lowest BCUT2D eigenvalue weighted by Crippen LogP contribution is -2.22. The molecular formula is C16H17F3N2O2. The Balaban J connectivity index is 3.13. The Morgan fingerprint density at radius 1 is 1.35 bits per heavy atom. The van der Waals surface area contributed by atoms with Crippen molar-refractivity contribution in [3.8, 4) is 6.07 Å². The third kappa shape index (κ3) is 4.49. The molecule has 124 valence electrons. The van der Waals surface area contributed by atoms with Gasteiger partial charge in [0.2, 0.25) is 0 Å². The molecule has 1 rings (SSSR count). The lowest BCUT2D eigenvalue weighted by Gasteiger charge is -2.22. The second kappa shape index (κ2) is 6.73. The minimum atomic E-state index is -4.54. The maximum atomic E-state index is 12.6. The van der Waals surface area contributed by atoms with Gasteiger partial charge in [-0.25, -0.2) is 0 Å². The highest BCUT2D eigenvalue weighted by atomic mass is 19.4. The van der Waals surface area contributed by atoms with Gasteiger partial charge in [0.1, 0.15) is 11.8 Å². The largest absolute Gasteiger partial charge is 0.510 e. The molecular weight excluding hydrogens is 309 g/mol. The normalized spacial score (nSPS) is 13.1. The van der Waals surface area contributed by atoms with Crippen LogP contribution >= 0.6 is 0 Å². The number of nitrogens with zero attached hydrogens (tertiary/aromatic N) is 1. The van der Waals surface area contributed by atoms with Gasteiger partial charge in [-0.2, -0.15) is 18.4 Å². The lowest BCUT2D eigenvalue weighted by atomic mass is 9.85. The van der Waals surface area contributed by atoms with Gasteiger partial charge >= 0.3 is 6.18 Å². The van der Waals surface area contributed by atoms with Gasteiger partial charge < -0.3 is 10.4 Å². The molecule has 0 aliphatic rings. The molecule has 0 spiro atoms. The molecule has 4 nitrogen and oxygen atoms in total. The van der Waals surface area contributed by atoms with E-state index in [0.717, 1.165) is 18.2 Å². The zero-order valence-corrected chi connectivity index (χ0v) is 13.0. The minimum Gasteiger partial charge on any atom is -0.510 e. The molecule has 1 aromatic carbocycles. The van der Waals surface area contributed by atoms with Gasteiger partial charge in [-0.15, -0.1) is 0 Å². The standard InChI is InChI=1S/C16H17F3N2O2/c1-4-15(2,3)13(22)12(9-20)14(23)21-11-7-5-6-10(8-11)16(17,18)19/h5-8,22H,4H2,1-3H3,(H,21,23)/b13-12-. The summed E-state index contributed by atoms with van der Waals surface area (Å²) in [5.41, 5.74) is -2.35. The molecule has 0 aliphatic heterocycles. The summed E-state index contributed by atoms with van der Waals surface area (Å²) in [5, 5.41) is 21.4.